The van der Waals surface area contributed by atoms with E-state index in [9.17, 15) is 23.8 Å². The smallest absolute Gasteiger partial charge is 0.303 e. The summed E-state index contributed by atoms with van der Waals surface area (Å²) in [6.07, 6.45) is -1.15. The number of nitrogens with one attached hydrogen (secondary N) is 1. The lowest BCUT2D eigenvalue weighted by Crippen LogP contribution is -2.53. The minimum atomic E-state index is -4.80. The lowest BCUT2D eigenvalue weighted by molar-refractivity contribution is -0.899. The number of phosphoric ester groups is 1. The van der Waals surface area contributed by atoms with Crippen molar-refractivity contribution in [2.45, 2.75) is 20.0 Å². The van der Waals surface area contributed by atoms with Gasteiger partial charge in [0, 0.05) is 30.2 Å². The minimum absolute atomic E-state index is 0.0480. The van der Waals surface area contributed by atoms with Crippen molar-refractivity contribution in [1.29, 1.82) is 0 Å². The van der Waals surface area contributed by atoms with Crippen LogP contribution < -0.4 is 10.2 Å². The Balaban J connectivity index is 4.57. The van der Waals surface area contributed by atoms with Gasteiger partial charge in [-0.1, -0.05) is 10.2 Å². The molecule has 0 radical (unpaired) electrons. The molecule has 1 amide bonds. The molecule has 0 aliphatic heterocycles. The predicted molar refractivity (Wildman–Crippen MR) is 114 cm³/mol. The number of amides is 1. The number of nitrogens with zero attached hydrogens (tertiary/aromatic N) is 7. The summed E-state index contributed by atoms with van der Waals surface area (Å²) >= 11 is 0. The van der Waals surface area contributed by atoms with Gasteiger partial charge in [0.1, 0.15) is 6.61 Å². The van der Waals surface area contributed by atoms with Crippen molar-refractivity contribution >= 4 is 25.7 Å². The average Bonchev–Trinajstić information content (AvgIpc) is 2.73. The Labute approximate surface area is 195 Å². The molecule has 34 heavy (non-hydrogen) atoms. The number of esters is 2. The van der Waals surface area contributed by atoms with Gasteiger partial charge in [-0.25, -0.2) is 0 Å². The Morgan fingerprint density at radius 1 is 1.06 bits per heavy atom. The molecule has 0 fully saturated rings. The fourth-order valence-corrected chi connectivity index (χ4v) is 3.19. The number of hydrogen-bond donors (Lipinski definition) is 1. The molecular formula is C16H29N8O9P. The van der Waals surface area contributed by atoms with Crippen molar-refractivity contribution < 1.29 is 46.8 Å². The summed E-state index contributed by atoms with van der Waals surface area (Å²) in [7, 11) is -3.09. The first-order valence-corrected chi connectivity index (χ1v) is 11.4. The van der Waals surface area contributed by atoms with E-state index in [2.05, 4.69) is 39.2 Å². The van der Waals surface area contributed by atoms with Crippen LogP contribution in [-0.2, 0) is 37.5 Å². The summed E-state index contributed by atoms with van der Waals surface area (Å²) in [5.41, 5.74) is 16.8. The van der Waals surface area contributed by atoms with E-state index in [0.29, 0.717) is 13.1 Å². The molecule has 0 aromatic carbocycles. The third kappa shape index (κ3) is 16.7. The van der Waals surface area contributed by atoms with Crippen LogP contribution in [-0.4, -0.2) is 94.6 Å². The van der Waals surface area contributed by atoms with E-state index in [1.807, 2.05) is 0 Å². The number of hydrogen-bond acceptors (Lipinski definition) is 11. The first-order chi connectivity index (χ1) is 15.9. The van der Waals surface area contributed by atoms with Crippen LogP contribution in [0.5, 0.6) is 0 Å². The fraction of sp³-hybridized carbons (Fsp3) is 0.812. The van der Waals surface area contributed by atoms with Crippen molar-refractivity contribution in [2.75, 3.05) is 66.1 Å². The Bertz CT molecular complexity index is 807. The Morgan fingerprint density at radius 2 is 1.65 bits per heavy atom. The number of carbonyl (C=O) groups is 3. The number of carbonyl (C=O) groups excluding carboxylic acids is 3. The van der Waals surface area contributed by atoms with Gasteiger partial charge in [0.25, 0.3) is 13.7 Å². The summed E-state index contributed by atoms with van der Waals surface area (Å²) in [5, 5.41) is 9.36. The lowest BCUT2D eigenvalue weighted by Gasteiger charge is -2.33. The van der Waals surface area contributed by atoms with E-state index in [1.54, 1.807) is 7.05 Å². The lowest BCUT2D eigenvalue weighted by atomic mass is 10.3. The zero-order valence-corrected chi connectivity index (χ0v) is 20.1. The molecule has 0 saturated heterocycles. The summed E-state index contributed by atoms with van der Waals surface area (Å²) in [4.78, 5) is 51.3. The second-order valence-electron chi connectivity index (χ2n) is 7.09. The van der Waals surface area contributed by atoms with Gasteiger partial charge >= 0.3 is 11.9 Å². The standard InChI is InChI=1S/C16H29N8O9P/c1-13(25)30-11-15(33-14(2)26)12-32-34(28,29)31-9-6-19-16(27)10-24(3,7-4-20-22-17)8-5-21-23-18/h15H,4-12H2,1-3H3,(H-,19,27,28,29)/t15-/m1/s1. The summed E-state index contributed by atoms with van der Waals surface area (Å²) in [6.45, 7) is 1.42. The number of phosphoric acid groups is 1. The molecule has 17 nitrogen and oxygen atoms in total. The van der Waals surface area contributed by atoms with Crippen LogP contribution in [0.15, 0.2) is 10.2 Å². The molecular weight excluding hydrogens is 479 g/mol. The second-order valence-corrected chi connectivity index (χ2v) is 8.50. The minimum Gasteiger partial charge on any atom is -0.756 e. The highest BCUT2D eigenvalue weighted by atomic mass is 31.2. The van der Waals surface area contributed by atoms with Crippen LogP contribution in [0, 0.1) is 0 Å². The zero-order valence-electron chi connectivity index (χ0n) is 19.2. The number of likely N-dealkylation sites (N-methyl/N-ethyl adjacent to an activating group) is 1. The van der Waals surface area contributed by atoms with Gasteiger partial charge in [-0.2, -0.15) is 0 Å². The van der Waals surface area contributed by atoms with Crippen LogP contribution in [0.1, 0.15) is 13.8 Å². The van der Waals surface area contributed by atoms with E-state index in [0.717, 1.165) is 13.8 Å². The molecule has 0 aliphatic rings. The fourth-order valence-electron chi connectivity index (χ4n) is 2.45. The first-order valence-electron chi connectivity index (χ1n) is 9.95. The quantitative estimate of drug-likeness (QED) is 0.0504. The molecule has 2 atom stereocenters. The Hall–Kier alpha value is -2.90. The molecule has 192 valence electrons. The maximum absolute atomic E-state index is 12.2. The van der Waals surface area contributed by atoms with E-state index in [-0.39, 0.29) is 30.7 Å². The molecule has 1 N–H and O–H groups in total. The molecule has 0 rings (SSSR count). The third-order valence-electron chi connectivity index (χ3n) is 4.03. The monoisotopic (exact) mass is 508 g/mol. The average molecular weight is 508 g/mol. The Kier molecular flexibility index (Phi) is 15.3. The molecule has 18 heteroatoms. The molecule has 0 aromatic rings. The normalized spacial score (nSPS) is 14.8. The van der Waals surface area contributed by atoms with E-state index < -0.39 is 51.6 Å². The zero-order chi connectivity index (χ0) is 26.0. The molecule has 0 spiro atoms. The highest BCUT2D eigenvalue weighted by Crippen LogP contribution is 2.38. The molecule has 0 aromatic heterocycles. The highest BCUT2D eigenvalue weighted by Gasteiger charge is 2.24. The van der Waals surface area contributed by atoms with Crippen LogP contribution in [0.3, 0.4) is 0 Å². The van der Waals surface area contributed by atoms with E-state index in [1.165, 1.54) is 0 Å². The summed E-state index contributed by atoms with van der Waals surface area (Å²) in [6, 6.07) is 0. The van der Waals surface area contributed by atoms with Gasteiger partial charge in [-0.3, -0.25) is 18.9 Å². The van der Waals surface area contributed by atoms with Gasteiger partial charge in [-0.15, -0.1) is 0 Å². The van der Waals surface area contributed by atoms with Crippen molar-refractivity contribution in [2.24, 2.45) is 10.2 Å². The highest BCUT2D eigenvalue weighted by molar-refractivity contribution is 7.45. The van der Waals surface area contributed by atoms with Crippen molar-refractivity contribution in [3.8, 4) is 0 Å². The van der Waals surface area contributed by atoms with Crippen LogP contribution in [0.4, 0.5) is 0 Å². The third-order valence-corrected chi connectivity index (χ3v) is 4.99. The maximum Gasteiger partial charge on any atom is 0.303 e. The van der Waals surface area contributed by atoms with Gasteiger partial charge in [0.15, 0.2) is 12.6 Å². The van der Waals surface area contributed by atoms with Crippen molar-refractivity contribution in [1.82, 2.24) is 5.32 Å². The van der Waals surface area contributed by atoms with E-state index in [4.69, 9.17) is 15.8 Å². The maximum atomic E-state index is 12.2. The number of quaternary nitrogens is 1. The van der Waals surface area contributed by atoms with Crippen LogP contribution in [0.2, 0.25) is 0 Å². The van der Waals surface area contributed by atoms with Gasteiger partial charge in [-0.05, 0) is 11.1 Å². The largest absolute Gasteiger partial charge is 0.756 e. The topological polar surface area (TPSA) is 238 Å². The number of azide groups is 2. The van der Waals surface area contributed by atoms with Crippen molar-refractivity contribution in [3.05, 3.63) is 20.9 Å². The van der Waals surface area contributed by atoms with E-state index >= 15 is 0 Å². The first kappa shape index (κ1) is 31.1. The Morgan fingerprint density at radius 3 is 2.15 bits per heavy atom. The number of ether oxygens (including phenoxy) is 2. The SMILES string of the molecule is CC(=O)OC[C@H](COP(=O)([O-])OCCNC(=O)C[N+](C)(CCN=[N+]=[N-])CCN=[N+]=[N-])OC(C)=O. The van der Waals surface area contributed by atoms with Gasteiger partial charge < -0.3 is 33.2 Å². The summed E-state index contributed by atoms with van der Waals surface area (Å²) < 4.78 is 30.7. The molecule has 0 saturated carbocycles. The summed E-state index contributed by atoms with van der Waals surface area (Å²) in [5.74, 6) is -1.82. The predicted octanol–water partition coefficient (Wildman–Crippen LogP) is 0.166. The molecule has 0 aliphatic carbocycles. The second kappa shape index (κ2) is 16.7. The van der Waals surface area contributed by atoms with Crippen molar-refractivity contribution in [3.63, 3.8) is 0 Å². The molecule has 1 unspecified atom stereocenters. The molecule has 0 bridgehead atoms. The molecule has 0 heterocycles. The van der Waals surface area contributed by atoms with Crippen LogP contribution >= 0.6 is 7.82 Å². The van der Waals surface area contributed by atoms with Gasteiger partial charge in [0.2, 0.25) is 0 Å². The van der Waals surface area contributed by atoms with Crippen LogP contribution in [0.25, 0.3) is 20.9 Å². The number of rotatable bonds is 18. The van der Waals surface area contributed by atoms with Gasteiger partial charge in [0.05, 0.1) is 46.4 Å².